The maximum Gasteiger partial charge on any atom is 0.231 e. The summed E-state index contributed by atoms with van der Waals surface area (Å²) in [6.07, 6.45) is 3.46. The van der Waals surface area contributed by atoms with Gasteiger partial charge >= 0.3 is 0 Å². The van der Waals surface area contributed by atoms with E-state index >= 15 is 0 Å². The number of hydrogen-bond donors (Lipinski definition) is 1. The quantitative estimate of drug-likeness (QED) is 0.386. The molecule has 0 unspecified atom stereocenters. The Morgan fingerprint density at radius 2 is 1.85 bits per heavy atom. The number of hydrogen-bond acceptors (Lipinski definition) is 7. The van der Waals surface area contributed by atoms with Gasteiger partial charge in [0.2, 0.25) is 12.7 Å². The zero-order valence-electron chi connectivity index (χ0n) is 18.5. The number of thioether (sulfide) groups is 1. The Morgan fingerprint density at radius 3 is 2.68 bits per heavy atom. The summed E-state index contributed by atoms with van der Waals surface area (Å²) in [6.45, 7) is 2.77. The monoisotopic (exact) mass is 473 g/mol. The lowest BCUT2D eigenvalue weighted by atomic mass is 10.1. The van der Waals surface area contributed by atoms with Crippen molar-refractivity contribution >= 4 is 17.7 Å². The summed E-state index contributed by atoms with van der Waals surface area (Å²) in [5.41, 5.74) is 3.00. The van der Waals surface area contributed by atoms with Gasteiger partial charge in [0.25, 0.3) is 0 Å². The lowest BCUT2D eigenvalue weighted by molar-refractivity contribution is -0.119. The molecule has 4 aromatic rings. The first-order valence-electron chi connectivity index (χ1n) is 10.9. The van der Waals surface area contributed by atoms with Gasteiger partial charge in [-0.05, 0) is 42.3 Å². The predicted molar refractivity (Wildman–Crippen MR) is 129 cm³/mol. The van der Waals surface area contributed by atoms with E-state index in [-0.39, 0.29) is 24.5 Å². The molecule has 8 nitrogen and oxygen atoms in total. The topological polar surface area (TPSA) is 91.2 Å². The predicted octanol–water partition coefficient (Wildman–Crippen LogP) is 4.09. The molecule has 0 saturated carbocycles. The molecule has 1 aliphatic rings. The molecule has 1 N–H and O–H groups in total. The average molecular weight is 474 g/mol. The zero-order valence-corrected chi connectivity index (χ0v) is 19.4. The molecule has 3 heterocycles. The lowest BCUT2D eigenvalue weighted by Crippen LogP contribution is -2.28. The fraction of sp³-hybridized carbons (Fsp3) is 0.200. The molecule has 0 fully saturated rings. The lowest BCUT2D eigenvalue weighted by Gasteiger charge is -2.15. The Hall–Kier alpha value is -3.85. The zero-order chi connectivity index (χ0) is 23.3. The standard InChI is InChI=1S/C25H23N5O3S/c1-17(20-7-8-21-22(13-20)33-16-32-21)27-23(31)15-34-25-29-28-24(19-9-11-26-12-10-19)30(25)14-18-5-3-2-4-6-18/h2-13,17H,14-16H2,1H3,(H,27,31)/t17-/m0/s1. The third kappa shape index (κ3) is 4.89. The first-order valence-corrected chi connectivity index (χ1v) is 11.8. The summed E-state index contributed by atoms with van der Waals surface area (Å²) in [7, 11) is 0. The summed E-state index contributed by atoms with van der Waals surface area (Å²) >= 11 is 1.36. The molecule has 1 amide bonds. The maximum atomic E-state index is 12.7. The van der Waals surface area contributed by atoms with Crippen LogP contribution < -0.4 is 14.8 Å². The number of nitrogens with one attached hydrogen (secondary N) is 1. The van der Waals surface area contributed by atoms with E-state index in [2.05, 4.69) is 32.6 Å². The van der Waals surface area contributed by atoms with Gasteiger partial charge in [-0.25, -0.2) is 0 Å². The van der Waals surface area contributed by atoms with Crippen LogP contribution in [0.25, 0.3) is 11.4 Å². The van der Waals surface area contributed by atoms with Gasteiger partial charge in [-0.1, -0.05) is 48.2 Å². The normalized spacial score (nSPS) is 13.0. The summed E-state index contributed by atoms with van der Waals surface area (Å²) in [5, 5.41) is 12.5. The van der Waals surface area contributed by atoms with Gasteiger partial charge in [0.05, 0.1) is 18.3 Å². The number of carbonyl (C=O) groups is 1. The number of rotatable bonds is 8. The second-order valence-corrected chi connectivity index (χ2v) is 8.75. The highest BCUT2D eigenvalue weighted by Gasteiger charge is 2.19. The van der Waals surface area contributed by atoms with Crippen LogP contribution in [0.2, 0.25) is 0 Å². The number of aromatic nitrogens is 4. The summed E-state index contributed by atoms with van der Waals surface area (Å²) in [6, 6.07) is 19.4. The van der Waals surface area contributed by atoms with E-state index in [9.17, 15) is 4.79 Å². The molecule has 0 spiro atoms. The van der Waals surface area contributed by atoms with Crippen LogP contribution in [-0.2, 0) is 11.3 Å². The van der Waals surface area contributed by atoms with Crippen molar-refractivity contribution in [2.24, 2.45) is 0 Å². The second-order valence-electron chi connectivity index (χ2n) is 7.80. The minimum atomic E-state index is -0.169. The van der Waals surface area contributed by atoms with Gasteiger partial charge in [0.15, 0.2) is 22.5 Å². The van der Waals surface area contributed by atoms with Crippen molar-refractivity contribution in [2.75, 3.05) is 12.5 Å². The average Bonchev–Trinajstić information content (AvgIpc) is 3.50. The Kier molecular flexibility index (Phi) is 6.44. The van der Waals surface area contributed by atoms with E-state index in [0.29, 0.717) is 17.5 Å². The first kappa shape index (κ1) is 22.0. The van der Waals surface area contributed by atoms with Crippen molar-refractivity contribution < 1.29 is 14.3 Å². The number of nitrogens with zero attached hydrogens (tertiary/aromatic N) is 4. The number of fused-ring (bicyclic) bond motifs is 1. The Bertz CT molecular complexity index is 1280. The van der Waals surface area contributed by atoms with E-state index in [0.717, 1.165) is 28.3 Å². The van der Waals surface area contributed by atoms with Gasteiger partial charge in [-0.2, -0.15) is 0 Å². The third-order valence-corrected chi connectivity index (χ3v) is 6.41. The molecule has 0 saturated heterocycles. The van der Waals surface area contributed by atoms with Crippen LogP contribution in [0.3, 0.4) is 0 Å². The number of ether oxygens (including phenoxy) is 2. The van der Waals surface area contributed by atoms with Gasteiger partial charge in [-0.3, -0.25) is 14.3 Å². The molecule has 5 rings (SSSR count). The highest BCUT2D eigenvalue weighted by Crippen LogP contribution is 2.34. The summed E-state index contributed by atoms with van der Waals surface area (Å²) < 4.78 is 12.8. The molecule has 2 aromatic heterocycles. The van der Waals surface area contributed by atoms with Gasteiger partial charge < -0.3 is 14.8 Å². The van der Waals surface area contributed by atoms with Crippen molar-refractivity contribution in [2.45, 2.75) is 24.7 Å². The third-order valence-electron chi connectivity index (χ3n) is 5.45. The molecular weight excluding hydrogens is 450 g/mol. The maximum absolute atomic E-state index is 12.7. The van der Waals surface area contributed by atoms with Crippen LogP contribution in [0.1, 0.15) is 24.1 Å². The van der Waals surface area contributed by atoms with E-state index in [1.807, 2.05) is 60.0 Å². The minimum Gasteiger partial charge on any atom is -0.454 e. The molecule has 2 aromatic carbocycles. The second kappa shape index (κ2) is 9.96. The highest BCUT2D eigenvalue weighted by atomic mass is 32.2. The van der Waals surface area contributed by atoms with E-state index in [4.69, 9.17) is 9.47 Å². The number of benzene rings is 2. The van der Waals surface area contributed by atoms with Crippen LogP contribution in [0.5, 0.6) is 11.5 Å². The largest absolute Gasteiger partial charge is 0.454 e. The number of pyridine rings is 1. The van der Waals surface area contributed by atoms with Crippen LogP contribution in [0, 0.1) is 0 Å². The number of carbonyl (C=O) groups excluding carboxylic acids is 1. The van der Waals surface area contributed by atoms with Crippen molar-refractivity contribution in [3.63, 3.8) is 0 Å². The Morgan fingerprint density at radius 1 is 1.06 bits per heavy atom. The van der Waals surface area contributed by atoms with Crippen LogP contribution in [0.15, 0.2) is 78.2 Å². The van der Waals surface area contributed by atoms with Gasteiger partial charge in [0.1, 0.15) is 0 Å². The Balaban J connectivity index is 1.29. The smallest absolute Gasteiger partial charge is 0.231 e. The minimum absolute atomic E-state index is 0.0881. The van der Waals surface area contributed by atoms with Crippen molar-refractivity contribution in [3.05, 3.63) is 84.2 Å². The SMILES string of the molecule is C[C@H](NC(=O)CSc1nnc(-c2ccncc2)n1Cc1ccccc1)c1ccc2c(c1)OCO2. The molecule has 34 heavy (non-hydrogen) atoms. The van der Waals surface area contributed by atoms with E-state index in [1.165, 1.54) is 11.8 Å². The van der Waals surface area contributed by atoms with Gasteiger partial charge in [0, 0.05) is 18.0 Å². The molecule has 0 aliphatic carbocycles. The molecular formula is C25H23N5O3S. The molecule has 172 valence electrons. The fourth-order valence-corrected chi connectivity index (χ4v) is 4.45. The number of amides is 1. The Labute approximate surface area is 201 Å². The van der Waals surface area contributed by atoms with Crippen molar-refractivity contribution in [1.82, 2.24) is 25.1 Å². The molecule has 1 aliphatic heterocycles. The molecule has 0 radical (unpaired) electrons. The van der Waals surface area contributed by atoms with Crippen LogP contribution >= 0.6 is 11.8 Å². The van der Waals surface area contributed by atoms with Crippen LogP contribution in [0.4, 0.5) is 0 Å². The van der Waals surface area contributed by atoms with Crippen molar-refractivity contribution in [3.8, 4) is 22.9 Å². The van der Waals surface area contributed by atoms with Crippen LogP contribution in [-0.4, -0.2) is 38.2 Å². The molecule has 9 heteroatoms. The molecule has 0 bridgehead atoms. The highest BCUT2D eigenvalue weighted by molar-refractivity contribution is 7.99. The first-order chi connectivity index (χ1) is 16.7. The molecule has 1 atom stereocenters. The van der Waals surface area contributed by atoms with Crippen molar-refractivity contribution in [1.29, 1.82) is 0 Å². The summed E-state index contributed by atoms with van der Waals surface area (Å²) in [4.78, 5) is 16.8. The van der Waals surface area contributed by atoms with Gasteiger partial charge in [-0.15, -0.1) is 10.2 Å². The van der Waals surface area contributed by atoms with E-state index < -0.39 is 0 Å². The van der Waals surface area contributed by atoms with E-state index in [1.54, 1.807) is 12.4 Å². The summed E-state index contributed by atoms with van der Waals surface area (Å²) in [5.74, 6) is 2.29. The fourth-order valence-electron chi connectivity index (χ4n) is 3.70.